The number of amides is 1. The van der Waals surface area contributed by atoms with Crippen molar-refractivity contribution in [2.75, 3.05) is 26.9 Å². The fourth-order valence-corrected chi connectivity index (χ4v) is 2.65. The van der Waals surface area contributed by atoms with Gasteiger partial charge in [-0.2, -0.15) is 0 Å². The van der Waals surface area contributed by atoms with Crippen molar-refractivity contribution in [3.63, 3.8) is 0 Å². The second-order valence-corrected chi connectivity index (χ2v) is 6.14. The number of methoxy groups -OCH3 is 1. The van der Waals surface area contributed by atoms with Gasteiger partial charge in [0.05, 0.1) is 18.1 Å². The Kier molecular flexibility index (Phi) is 7.60. The molecule has 1 amide bonds. The summed E-state index contributed by atoms with van der Waals surface area (Å²) in [6, 6.07) is 13.1. The molecule has 134 valence electrons. The largest absolute Gasteiger partial charge is 0.497 e. The fraction of sp³-hybridized carbons (Fsp3) is 0.316. The van der Waals surface area contributed by atoms with Crippen molar-refractivity contribution in [1.82, 2.24) is 5.32 Å². The first-order valence-electron chi connectivity index (χ1n) is 8.07. The van der Waals surface area contributed by atoms with Crippen molar-refractivity contribution in [2.24, 2.45) is 0 Å². The van der Waals surface area contributed by atoms with Crippen LogP contribution in [-0.4, -0.2) is 32.8 Å². The van der Waals surface area contributed by atoms with Gasteiger partial charge in [0.15, 0.2) is 6.61 Å². The molecule has 0 heterocycles. The van der Waals surface area contributed by atoms with E-state index in [2.05, 4.69) is 28.2 Å². The molecule has 0 atom stereocenters. The van der Waals surface area contributed by atoms with Gasteiger partial charge in [0.25, 0.3) is 5.91 Å². The topological polar surface area (TPSA) is 56.8 Å². The molecule has 0 fully saturated rings. The number of rotatable bonds is 9. The summed E-state index contributed by atoms with van der Waals surface area (Å²) in [5.74, 6) is 1.97. The normalized spacial score (nSPS) is 10.2. The van der Waals surface area contributed by atoms with E-state index in [1.807, 2.05) is 42.5 Å². The lowest BCUT2D eigenvalue weighted by Crippen LogP contribution is -2.32. The summed E-state index contributed by atoms with van der Waals surface area (Å²) >= 11 is 3.45. The monoisotopic (exact) mass is 407 g/mol. The van der Waals surface area contributed by atoms with E-state index >= 15 is 0 Å². The standard InChI is InChI=1S/C19H22BrNO4/c1-3-14-4-9-18(17(20)12-14)25-13-19(22)21-10-11-24-16-7-5-15(23-2)6-8-16/h4-9,12H,3,10-11,13H2,1-2H3,(H,21,22). The molecule has 2 rings (SSSR count). The Labute approximate surface area is 156 Å². The van der Waals surface area contributed by atoms with Crippen LogP contribution in [0.5, 0.6) is 17.2 Å². The van der Waals surface area contributed by atoms with E-state index in [1.54, 1.807) is 7.11 Å². The summed E-state index contributed by atoms with van der Waals surface area (Å²) in [6.45, 7) is 2.84. The van der Waals surface area contributed by atoms with Crippen LogP contribution in [0.1, 0.15) is 12.5 Å². The zero-order valence-corrected chi connectivity index (χ0v) is 16.0. The van der Waals surface area contributed by atoms with E-state index < -0.39 is 0 Å². The number of hydrogen-bond acceptors (Lipinski definition) is 4. The molecular formula is C19H22BrNO4. The van der Waals surface area contributed by atoms with E-state index in [0.717, 1.165) is 22.4 Å². The van der Waals surface area contributed by atoms with E-state index in [0.29, 0.717) is 18.9 Å². The highest BCUT2D eigenvalue weighted by Crippen LogP contribution is 2.26. The predicted molar refractivity (Wildman–Crippen MR) is 101 cm³/mol. The van der Waals surface area contributed by atoms with Gasteiger partial charge in [0.2, 0.25) is 0 Å². The van der Waals surface area contributed by atoms with Crippen molar-refractivity contribution < 1.29 is 19.0 Å². The Morgan fingerprint density at radius 1 is 1.08 bits per heavy atom. The van der Waals surface area contributed by atoms with Gasteiger partial charge in [-0.3, -0.25) is 4.79 Å². The van der Waals surface area contributed by atoms with Crippen LogP contribution in [0.15, 0.2) is 46.9 Å². The Bertz CT molecular complexity index is 688. The van der Waals surface area contributed by atoms with Crippen molar-refractivity contribution in [3.8, 4) is 17.2 Å². The first-order chi connectivity index (χ1) is 12.1. The Morgan fingerprint density at radius 2 is 1.80 bits per heavy atom. The summed E-state index contributed by atoms with van der Waals surface area (Å²) in [6.07, 6.45) is 0.952. The third kappa shape index (κ3) is 6.31. The average molecular weight is 408 g/mol. The number of ether oxygens (including phenoxy) is 3. The minimum Gasteiger partial charge on any atom is -0.497 e. The fourth-order valence-electron chi connectivity index (χ4n) is 2.11. The Balaban J connectivity index is 1.66. The summed E-state index contributed by atoms with van der Waals surface area (Å²) in [5, 5.41) is 2.76. The number of aryl methyl sites for hydroxylation is 1. The molecule has 0 aliphatic heterocycles. The number of carbonyl (C=O) groups is 1. The third-order valence-electron chi connectivity index (χ3n) is 3.52. The van der Waals surface area contributed by atoms with Gasteiger partial charge in [-0.15, -0.1) is 0 Å². The Morgan fingerprint density at radius 3 is 2.44 bits per heavy atom. The quantitative estimate of drug-likeness (QED) is 0.645. The van der Waals surface area contributed by atoms with Crippen LogP contribution in [0, 0.1) is 0 Å². The molecule has 0 aromatic heterocycles. The second kappa shape index (κ2) is 9.93. The highest BCUT2D eigenvalue weighted by molar-refractivity contribution is 9.10. The van der Waals surface area contributed by atoms with Gasteiger partial charge in [0, 0.05) is 0 Å². The van der Waals surface area contributed by atoms with Gasteiger partial charge in [-0.25, -0.2) is 0 Å². The molecule has 2 aromatic carbocycles. The van der Waals surface area contributed by atoms with Crippen molar-refractivity contribution in [1.29, 1.82) is 0 Å². The maximum atomic E-state index is 11.8. The Hall–Kier alpha value is -2.21. The second-order valence-electron chi connectivity index (χ2n) is 5.28. The first kappa shape index (κ1) is 19.1. The van der Waals surface area contributed by atoms with Crippen LogP contribution in [0.2, 0.25) is 0 Å². The maximum absolute atomic E-state index is 11.8. The molecule has 6 heteroatoms. The molecule has 0 spiro atoms. The minimum atomic E-state index is -0.190. The molecule has 0 aliphatic rings. The van der Waals surface area contributed by atoms with Crippen molar-refractivity contribution in [2.45, 2.75) is 13.3 Å². The summed E-state index contributed by atoms with van der Waals surface area (Å²) in [7, 11) is 1.62. The lowest BCUT2D eigenvalue weighted by atomic mass is 10.2. The maximum Gasteiger partial charge on any atom is 0.258 e. The van der Waals surface area contributed by atoms with Crippen LogP contribution in [-0.2, 0) is 11.2 Å². The van der Waals surface area contributed by atoms with E-state index in [9.17, 15) is 4.79 Å². The molecule has 1 N–H and O–H groups in total. The van der Waals surface area contributed by atoms with E-state index in [-0.39, 0.29) is 12.5 Å². The molecule has 0 radical (unpaired) electrons. The van der Waals surface area contributed by atoms with Crippen LogP contribution >= 0.6 is 15.9 Å². The summed E-state index contributed by atoms with van der Waals surface area (Å²) in [4.78, 5) is 11.8. The highest BCUT2D eigenvalue weighted by Gasteiger charge is 2.06. The molecule has 2 aromatic rings. The third-order valence-corrected chi connectivity index (χ3v) is 4.14. The van der Waals surface area contributed by atoms with Gasteiger partial charge in [-0.1, -0.05) is 13.0 Å². The van der Waals surface area contributed by atoms with Crippen LogP contribution in [0.25, 0.3) is 0 Å². The number of hydrogen-bond donors (Lipinski definition) is 1. The molecule has 0 saturated carbocycles. The van der Waals surface area contributed by atoms with Crippen molar-refractivity contribution >= 4 is 21.8 Å². The molecular weight excluding hydrogens is 386 g/mol. The highest BCUT2D eigenvalue weighted by atomic mass is 79.9. The molecule has 5 nitrogen and oxygen atoms in total. The number of benzene rings is 2. The zero-order chi connectivity index (χ0) is 18.1. The lowest BCUT2D eigenvalue weighted by Gasteiger charge is -2.10. The SMILES string of the molecule is CCc1ccc(OCC(=O)NCCOc2ccc(OC)cc2)c(Br)c1. The number of halogens is 1. The van der Waals surface area contributed by atoms with Gasteiger partial charge < -0.3 is 19.5 Å². The minimum absolute atomic E-state index is 0.0351. The lowest BCUT2D eigenvalue weighted by molar-refractivity contribution is -0.123. The first-order valence-corrected chi connectivity index (χ1v) is 8.86. The number of carbonyl (C=O) groups excluding carboxylic acids is 1. The van der Waals surface area contributed by atoms with Gasteiger partial charge >= 0.3 is 0 Å². The zero-order valence-electron chi connectivity index (χ0n) is 14.4. The van der Waals surface area contributed by atoms with Crippen LogP contribution < -0.4 is 19.5 Å². The molecule has 0 unspecified atom stereocenters. The molecule has 0 aliphatic carbocycles. The molecule has 25 heavy (non-hydrogen) atoms. The average Bonchev–Trinajstić information content (AvgIpc) is 2.64. The number of nitrogens with one attached hydrogen (secondary N) is 1. The van der Waals surface area contributed by atoms with Gasteiger partial charge in [-0.05, 0) is 64.3 Å². The summed E-state index contributed by atoms with van der Waals surface area (Å²) < 4.78 is 17.0. The van der Waals surface area contributed by atoms with Crippen LogP contribution in [0.4, 0.5) is 0 Å². The summed E-state index contributed by atoms with van der Waals surface area (Å²) in [5.41, 5.74) is 1.21. The van der Waals surface area contributed by atoms with E-state index in [4.69, 9.17) is 14.2 Å². The molecule has 0 saturated heterocycles. The van der Waals surface area contributed by atoms with E-state index in [1.165, 1.54) is 5.56 Å². The predicted octanol–water partition coefficient (Wildman–Crippen LogP) is 3.59. The van der Waals surface area contributed by atoms with Gasteiger partial charge in [0.1, 0.15) is 23.9 Å². The molecule has 0 bridgehead atoms. The smallest absolute Gasteiger partial charge is 0.258 e. The van der Waals surface area contributed by atoms with Crippen molar-refractivity contribution in [3.05, 3.63) is 52.5 Å². The van der Waals surface area contributed by atoms with Crippen LogP contribution in [0.3, 0.4) is 0 Å².